The van der Waals surface area contributed by atoms with Crippen LogP contribution in [-0.4, -0.2) is 37.6 Å². The van der Waals surface area contributed by atoms with Gasteiger partial charge in [-0.1, -0.05) is 12.1 Å². The number of anilines is 1. The summed E-state index contributed by atoms with van der Waals surface area (Å²) < 4.78 is 42.3. The van der Waals surface area contributed by atoms with Gasteiger partial charge in [0.2, 0.25) is 0 Å². The molecule has 0 aliphatic rings. The highest BCUT2D eigenvalue weighted by molar-refractivity contribution is 8.13. The topological polar surface area (TPSA) is 79.4 Å². The van der Waals surface area contributed by atoms with Gasteiger partial charge in [0.1, 0.15) is 11.3 Å². The normalized spacial score (nSPS) is 11.4. The summed E-state index contributed by atoms with van der Waals surface area (Å²) in [5.74, 6) is -0.600. The predicted octanol–water partition coefficient (Wildman–Crippen LogP) is 3.95. The molecule has 9 heteroatoms. The second-order valence-electron chi connectivity index (χ2n) is 5.81. The van der Waals surface area contributed by atoms with E-state index >= 15 is 0 Å². The number of hydrogen-bond donors (Lipinski definition) is 1. The first-order valence-corrected chi connectivity index (χ1v) is 10.1. The number of halogens is 1. The second kappa shape index (κ2) is 7.53. The maximum absolute atomic E-state index is 13.9. The maximum Gasteiger partial charge on any atom is 0.286 e. The van der Waals surface area contributed by atoms with Gasteiger partial charge < -0.3 is 4.90 Å². The van der Waals surface area contributed by atoms with E-state index in [1.54, 1.807) is 44.4 Å². The summed E-state index contributed by atoms with van der Waals surface area (Å²) >= 11 is 0.908. The Labute approximate surface area is 160 Å². The molecule has 1 N–H and O–H groups in total. The number of para-hydroxylation sites is 1. The van der Waals surface area contributed by atoms with Crippen LogP contribution in [0.15, 0.2) is 64.5 Å². The average molecular weight is 405 g/mol. The summed E-state index contributed by atoms with van der Waals surface area (Å²) in [5, 5.41) is -0.0578. The summed E-state index contributed by atoms with van der Waals surface area (Å²) in [6.45, 7) is 0. The van der Waals surface area contributed by atoms with E-state index < -0.39 is 15.8 Å². The van der Waals surface area contributed by atoms with Gasteiger partial charge in [-0.2, -0.15) is 0 Å². The quantitative estimate of drug-likeness (QED) is 0.665. The van der Waals surface area contributed by atoms with Crippen molar-refractivity contribution in [3.63, 3.8) is 0 Å². The zero-order chi connectivity index (χ0) is 19.6. The fraction of sp³-hybridized carbons (Fsp3) is 0.111. The number of nitrogens with one attached hydrogen (secondary N) is 1. The van der Waals surface area contributed by atoms with Crippen molar-refractivity contribution < 1.29 is 17.6 Å². The first kappa shape index (κ1) is 19.1. The van der Waals surface area contributed by atoms with Crippen molar-refractivity contribution in [2.45, 2.75) is 9.79 Å². The number of pyridine rings is 1. The standard InChI is InChI=1S/C18H16FN3O3S2/c1-22(2)18(23)26-15-8-4-3-7-14(15)21-27(24,25)16-10-9-13(19)17-12(16)6-5-11-20-17/h3-11,21H,1-2H3. The summed E-state index contributed by atoms with van der Waals surface area (Å²) in [7, 11) is -0.808. The van der Waals surface area contributed by atoms with Gasteiger partial charge in [0.25, 0.3) is 15.3 Å². The summed E-state index contributed by atoms with van der Waals surface area (Å²) in [5.41, 5.74) is 0.241. The van der Waals surface area contributed by atoms with E-state index in [1.165, 1.54) is 23.2 Å². The number of amides is 1. The van der Waals surface area contributed by atoms with E-state index in [2.05, 4.69) is 9.71 Å². The van der Waals surface area contributed by atoms with E-state index in [1.807, 2.05) is 0 Å². The molecule has 0 spiro atoms. The van der Waals surface area contributed by atoms with Crippen LogP contribution in [0.5, 0.6) is 0 Å². The number of aromatic nitrogens is 1. The number of thioether (sulfide) groups is 1. The Hall–Kier alpha value is -2.65. The Kier molecular flexibility index (Phi) is 5.33. The van der Waals surface area contributed by atoms with Crippen LogP contribution >= 0.6 is 11.8 Å². The third-order valence-corrected chi connectivity index (χ3v) is 6.20. The predicted molar refractivity (Wildman–Crippen MR) is 104 cm³/mol. The van der Waals surface area contributed by atoms with Crippen LogP contribution in [-0.2, 0) is 10.0 Å². The van der Waals surface area contributed by atoms with E-state index in [-0.39, 0.29) is 26.7 Å². The van der Waals surface area contributed by atoms with E-state index in [0.717, 1.165) is 17.8 Å². The summed E-state index contributed by atoms with van der Waals surface area (Å²) in [6, 6.07) is 11.9. The smallest absolute Gasteiger partial charge is 0.286 e. The Morgan fingerprint density at radius 1 is 1.11 bits per heavy atom. The van der Waals surface area contributed by atoms with Crippen molar-refractivity contribution in [3.8, 4) is 0 Å². The number of carbonyl (C=O) groups excluding carboxylic acids is 1. The number of hydrogen-bond acceptors (Lipinski definition) is 5. The fourth-order valence-electron chi connectivity index (χ4n) is 2.37. The molecule has 0 radical (unpaired) electrons. The zero-order valence-corrected chi connectivity index (χ0v) is 16.1. The number of nitrogens with zero attached hydrogens (tertiary/aromatic N) is 2. The molecule has 0 fully saturated rings. The minimum atomic E-state index is -4.03. The summed E-state index contributed by atoms with van der Waals surface area (Å²) in [4.78, 5) is 17.7. The molecule has 0 saturated carbocycles. The molecule has 1 heterocycles. The molecule has 0 bridgehead atoms. The third-order valence-electron chi connectivity index (χ3n) is 3.66. The molecule has 0 aliphatic carbocycles. The van der Waals surface area contributed by atoms with E-state index in [0.29, 0.717) is 4.90 Å². The van der Waals surface area contributed by atoms with Crippen LogP contribution in [0, 0.1) is 5.82 Å². The first-order chi connectivity index (χ1) is 12.8. The number of benzene rings is 2. The molecule has 140 valence electrons. The molecule has 0 aliphatic heterocycles. The minimum absolute atomic E-state index is 0.0224. The largest absolute Gasteiger partial charge is 0.339 e. The Bertz CT molecular complexity index is 1120. The van der Waals surface area contributed by atoms with Gasteiger partial charge in [-0.15, -0.1) is 0 Å². The molecule has 3 rings (SSSR count). The number of sulfonamides is 1. The van der Waals surface area contributed by atoms with Crippen molar-refractivity contribution in [1.29, 1.82) is 0 Å². The van der Waals surface area contributed by atoms with Crippen LogP contribution < -0.4 is 4.72 Å². The van der Waals surface area contributed by atoms with Crippen LogP contribution in [0.3, 0.4) is 0 Å². The molecule has 0 atom stereocenters. The lowest BCUT2D eigenvalue weighted by molar-refractivity contribution is 0.241. The number of carbonyl (C=O) groups is 1. The number of fused-ring (bicyclic) bond motifs is 1. The van der Waals surface area contributed by atoms with Gasteiger partial charge in [0.15, 0.2) is 0 Å². The van der Waals surface area contributed by atoms with Gasteiger partial charge in [-0.3, -0.25) is 14.5 Å². The van der Waals surface area contributed by atoms with Crippen LogP contribution in [0.1, 0.15) is 0 Å². The molecule has 27 heavy (non-hydrogen) atoms. The second-order valence-corrected chi connectivity index (χ2v) is 8.45. The average Bonchev–Trinajstić information content (AvgIpc) is 2.63. The van der Waals surface area contributed by atoms with Gasteiger partial charge in [-0.25, -0.2) is 12.8 Å². The Morgan fingerprint density at radius 3 is 2.59 bits per heavy atom. The minimum Gasteiger partial charge on any atom is -0.339 e. The molecule has 6 nitrogen and oxygen atoms in total. The van der Waals surface area contributed by atoms with Crippen LogP contribution in [0.25, 0.3) is 10.9 Å². The molecule has 1 amide bonds. The van der Waals surface area contributed by atoms with Gasteiger partial charge in [0, 0.05) is 30.6 Å². The SMILES string of the molecule is CN(C)C(=O)Sc1ccccc1NS(=O)(=O)c1ccc(F)c2ncccc12. The fourth-order valence-corrected chi connectivity index (χ4v) is 4.46. The third kappa shape index (κ3) is 4.04. The first-order valence-electron chi connectivity index (χ1n) is 7.84. The highest BCUT2D eigenvalue weighted by Gasteiger charge is 2.21. The van der Waals surface area contributed by atoms with Crippen molar-refractivity contribution in [2.24, 2.45) is 0 Å². The van der Waals surface area contributed by atoms with Gasteiger partial charge >= 0.3 is 0 Å². The molecule has 0 unspecified atom stereocenters. The Morgan fingerprint density at radius 2 is 1.85 bits per heavy atom. The lowest BCUT2D eigenvalue weighted by Gasteiger charge is -2.15. The summed E-state index contributed by atoms with van der Waals surface area (Å²) in [6.07, 6.45) is 1.40. The molecule has 0 saturated heterocycles. The zero-order valence-electron chi connectivity index (χ0n) is 14.5. The van der Waals surface area contributed by atoms with Gasteiger partial charge in [-0.05, 0) is 48.2 Å². The van der Waals surface area contributed by atoms with Crippen molar-refractivity contribution in [3.05, 3.63) is 60.5 Å². The van der Waals surface area contributed by atoms with Crippen molar-refractivity contribution >= 4 is 43.6 Å². The molecule has 3 aromatic rings. The molecule has 2 aromatic carbocycles. The molecular weight excluding hydrogens is 389 g/mol. The molecular formula is C18H16FN3O3S2. The van der Waals surface area contributed by atoms with Crippen molar-refractivity contribution in [2.75, 3.05) is 18.8 Å². The lowest BCUT2D eigenvalue weighted by atomic mass is 10.2. The van der Waals surface area contributed by atoms with Crippen molar-refractivity contribution in [1.82, 2.24) is 9.88 Å². The lowest BCUT2D eigenvalue weighted by Crippen LogP contribution is -2.17. The monoisotopic (exact) mass is 405 g/mol. The van der Waals surface area contributed by atoms with E-state index in [9.17, 15) is 17.6 Å². The molecule has 1 aromatic heterocycles. The highest BCUT2D eigenvalue weighted by atomic mass is 32.2. The Balaban J connectivity index is 2.02. The van der Waals surface area contributed by atoms with Crippen LogP contribution in [0.2, 0.25) is 0 Å². The number of rotatable bonds is 4. The van der Waals surface area contributed by atoms with Crippen LogP contribution in [0.4, 0.5) is 14.9 Å². The van der Waals surface area contributed by atoms with Gasteiger partial charge in [0.05, 0.1) is 10.6 Å². The van der Waals surface area contributed by atoms with E-state index in [4.69, 9.17) is 0 Å². The highest BCUT2D eigenvalue weighted by Crippen LogP contribution is 2.32. The maximum atomic E-state index is 13.9.